The second kappa shape index (κ2) is 5.20. The van der Waals surface area contributed by atoms with Crippen LogP contribution >= 0.6 is 0 Å². The summed E-state index contributed by atoms with van der Waals surface area (Å²) in [7, 11) is 0. The monoisotopic (exact) mass is 289 g/mol. The molecule has 0 bridgehead atoms. The molecule has 0 radical (unpaired) electrons. The maximum absolute atomic E-state index is 14.0. The van der Waals surface area contributed by atoms with Gasteiger partial charge in [-0.3, -0.25) is 0 Å². The molecule has 4 heteroatoms. The van der Waals surface area contributed by atoms with Crippen LogP contribution in [0.3, 0.4) is 0 Å². The number of rotatable bonds is 3. The van der Waals surface area contributed by atoms with E-state index in [9.17, 15) is 13.9 Å². The highest BCUT2D eigenvalue weighted by molar-refractivity contribution is 5.43. The fraction of sp³-hybridized carbons (Fsp3) is 0.294. The first-order valence-electron chi connectivity index (χ1n) is 7.00. The molecule has 2 unspecified atom stereocenters. The van der Waals surface area contributed by atoms with Gasteiger partial charge in [-0.2, -0.15) is 0 Å². The van der Waals surface area contributed by atoms with E-state index >= 15 is 0 Å². The van der Waals surface area contributed by atoms with Crippen molar-refractivity contribution in [1.29, 1.82) is 0 Å². The molecule has 2 atom stereocenters. The first kappa shape index (κ1) is 14.2. The largest absolute Gasteiger partial charge is 0.387 e. The van der Waals surface area contributed by atoms with E-state index in [1.807, 2.05) is 24.3 Å². The summed E-state index contributed by atoms with van der Waals surface area (Å²) in [6, 6.07) is 10.8. The Balaban J connectivity index is 2.11. The van der Waals surface area contributed by atoms with Gasteiger partial charge in [0, 0.05) is 17.5 Å². The van der Waals surface area contributed by atoms with Crippen molar-refractivity contribution in [2.75, 3.05) is 6.54 Å². The van der Waals surface area contributed by atoms with Gasteiger partial charge in [0.25, 0.3) is 0 Å². The lowest BCUT2D eigenvalue weighted by atomic mass is 9.74. The van der Waals surface area contributed by atoms with Crippen molar-refractivity contribution in [2.24, 2.45) is 5.73 Å². The third-order valence-corrected chi connectivity index (χ3v) is 4.53. The van der Waals surface area contributed by atoms with E-state index in [1.54, 1.807) is 0 Å². The fourth-order valence-electron chi connectivity index (χ4n) is 3.35. The fourth-order valence-corrected chi connectivity index (χ4v) is 3.35. The lowest BCUT2D eigenvalue weighted by molar-refractivity contribution is 0.0803. The molecule has 21 heavy (non-hydrogen) atoms. The molecule has 0 saturated carbocycles. The highest BCUT2D eigenvalue weighted by atomic mass is 19.1. The van der Waals surface area contributed by atoms with Crippen molar-refractivity contribution in [2.45, 2.75) is 24.4 Å². The first-order chi connectivity index (χ1) is 10.1. The number of fused-ring (bicyclic) bond motifs is 1. The van der Waals surface area contributed by atoms with Crippen molar-refractivity contribution >= 4 is 0 Å². The van der Waals surface area contributed by atoms with E-state index in [2.05, 4.69) is 0 Å². The maximum Gasteiger partial charge on any atom is 0.129 e. The topological polar surface area (TPSA) is 46.2 Å². The molecule has 3 rings (SSSR count). The first-order valence-corrected chi connectivity index (χ1v) is 7.00. The highest BCUT2D eigenvalue weighted by Gasteiger charge is 2.44. The predicted octanol–water partition coefficient (Wildman–Crippen LogP) is 2.84. The number of hydrogen-bond donors (Lipinski definition) is 2. The molecule has 0 amide bonds. The number of halogens is 2. The standard InChI is InChI=1S/C17H17F2NO/c18-12-5-6-15(19)13(9-12)16(21)17(10-20)8-7-11-3-1-2-4-14(11)17/h1-6,9,16,21H,7-8,10,20H2. The summed E-state index contributed by atoms with van der Waals surface area (Å²) < 4.78 is 27.4. The summed E-state index contributed by atoms with van der Waals surface area (Å²) in [6.45, 7) is 0.182. The van der Waals surface area contributed by atoms with Crippen LogP contribution < -0.4 is 5.73 Å². The predicted molar refractivity (Wildman–Crippen MR) is 76.8 cm³/mol. The Bertz CT molecular complexity index is 674. The second-order valence-electron chi connectivity index (χ2n) is 5.59. The summed E-state index contributed by atoms with van der Waals surface area (Å²) >= 11 is 0. The van der Waals surface area contributed by atoms with E-state index in [4.69, 9.17) is 5.73 Å². The SMILES string of the molecule is NCC1(C(O)c2cc(F)ccc2F)CCc2ccccc21. The van der Waals surface area contributed by atoms with Crippen LogP contribution in [0.2, 0.25) is 0 Å². The van der Waals surface area contributed by atoms with Gasteiger partial charge in [-0.25, -0.2) is 8.78 Å². The van der Waals surface area contributed by atoms with E-state index < -0.39 is 23.2 Å². The molecule has 0 aliphatic heterocycles. The average Bonchev–Trinajstić information content (AvgIpc) is 2.89. The summed E-state index contributed by atoms with van der Waals surface area (Å²) in [5, 5.41) is 10.7. The van der Waals surface area contributed by atoms with Gasteiger partial charge >= 0.3 is 0 Å². The zero-order chi connectivity index (χ0) is 15.0. The van der Waals surface area contributed by atoms with E-state index in [1.165, 1.54) is 0 Å². The second-order valence-corrected chi connectivity index (χ2v) is 5.59. The van der Waals surface area contributed by atoms with Crippen LogP contribution in [0.25, 0.3) is 0 Å². The van der Waals surface area contributed by atoms with Crippen LogP contribution in [0.1, 0.15) is 29.2 Å². The van der Waals surface area contributed by atoms with Gasteiger partial charge in [0.1, 0.15) is 11.6 Å². The summed E-state index contributed by atoms with van der Waals surface area (Å²) in [4.78, 5) is 0. The number of nitrogens with two attached hydrogens (primary N) is 1. The van der Waals surface area contributed by atoms with E-state index in [0.717, 1.165) is 35.7 Å². The van der Waals surface area contributed by atoms with Crippen LogP contribution in [-0.2, 0) is 11.8 Å². The molecule has 1 aliphatic carbocycles. The molecule has 0 heterocycles. The molecule has 1 aliphatic rings. The van der Waals surface area contributed by atoms with Gasteiger partial charge in [-0.1, -0.05) is 24.3 Å². The van der Waals surface area contributed by atoms with Crippen LogP contribution in [0, 0.1) is 11.6 Å². The lowest BCUT2D eigenvalue weighted by Gasteiger charge is -2.34. The normalized spacial score (nSPS) is 22.1. The van der Waals surface area contributed by atoms with Crippen LogP contribution in [0.15, 0.2) is 42.5 Å². The molecule has 0 fully saturated rings. The van der Waals surface area contributed by atoms with Gasteiger partial charge in [0.05, 0.1) is 6.10 Å². The Morgan fingerprint density at radius 3 is 2.71 bits per heavy atom. The van der Waals surface area contributed by atoms with Crippen molar-refractivity contribution in [3.05, 3.63) is 70.8 Å². The Hall–Kier alpha value is -1.78. The smallest absolute Gasteiger partial charge is 0.129 e. The number of benzene rings is 2. The Morgan fingerprint density at radius 2 is 1.95 bits per heavy atom. The molecular weight excluding hydrogens is 272 g/mol. The van der Waals surface area contributed by atoms with Crippen LogP contribution in [0.4, 0.5) is 8.78 Å². The minimum atomic E-state index is -1.16. The third-order valence-electron chi connectivity index (χ3n) is 4.53. The maximum atomic E-state index is 14.0. The zero-order valence-electron chi connectivity index (χ0n) is 11.5. The zero-order valence-corrected chi connectivity index (χ0v) is 11.5. The summed E-state index contributed by atoms with van der Waals surface area (Å²) in [6.07, 6.45) is 0.239. The van der Waals surface area contributed by atoms with Crippen molar-refractivity contribution in [3.8, 4) is 0 Å². The van der Waals surface area contributed by atoms with Crippen molar-refractivity contribution in [1.82, 2.24) is 0 Å². The average molecular weight is 289 g/mol. The molecule has 110 valence electrons. The Morgan fingerprint density at radius 1 is 1.19 bits per heavy atom. The minimum Gasteiger partial charge on any atom is -0.387 e. The van der Waals surface area contributed by atoms with Crippen LogP contribution in [0.5, 0.6) is 0 Å². The third kappa shape index (κ3) is 2.15. The number of aliphatic hydroxyl groups excluding tert-OH is 1. The van der Waals surface area contributed by atoms with Gasteiger partial charge in [-0.15, -0.1) is 0 Å². The van der Waals surface area contributed by atoms with Gasteiger partial charge in [0.15, 0.2) is 0 Å². The molecule has 0 spiro atoms. The lowest BCUT2D eigenvalue weighted by Crippen LogP contribution is -2.39. The molecule has 2 aromatic rings. The van der Waals surface area contributed by atoms with E-state index in [-0.39, 0.29) is 12.1 Å². The molecule has 2 aromatic carbocycles. The van der Waals surface area contributed by atoms with Crippen molar-refractivity contribution in [3.63, 3.8) is 0 Å². The van der Waals surface area contributed by atoms with Crippen LogP contribution in [-0.4, -0.2) is 11.7 Å². The van der Waals surface area contributed by atoms with Gasteiger partial charge in [0.2, 0.25) is 0 Å². The summed E-state index contributed by atoms with van der Waals surface area (Å²) in [5.74, 6) is -1.18. The van der Waals surface area contributed by atoms with Crippen molar-refractivity contribution < 1.29 is 13.9 Å². The minimum absolute atomic E-state index is 0.0304. The molecular formula is C17H17F2NO. The van der Waals surface area contributed by atoms with Gasteiger partial charge in [-0.05, 0) is 42.2 Å². The molecule has 0 saturated heterocycles. The number of hydrogen-bond acceptors (Lipinski definition) is 2. The number of aryl methyl sites for hydroxylation is 1. The Labute approximate surface area is 122 Å². The Kier molecular flexibility index (Phi) is 3.51. The molecule has 3 N–H and O–H groups in total. The van der Waals surface area contributed by atoms with E-state index in [0.29, 0.717) is 6.42 Å². The molecule has 0 aromatic heterocycles. The summed E-state index contributed by atoms with van der Waals surface area (Å²) in [5.41, 5.74) is 7.19. The highest BCUT2D eigenvalue weighted by Crippen LogP contribution is 2.47. The quantitative estimate of drug-likeness (QED) is 0.912. The molecule has 2 nitrogen and oxygen atoms in total. The number of aliphatic hydroxyl groups is 1. The van der Waals surface area contributed by atoms with Gasteiger partial charge < -0.3 is 10.8 Å².